The molecule has 2 aliphatic rings. The van der Waals surface area contributed by atoms with Crippen molar-refractivity contribution in [2.45, 2.75) is 51.0 Å². The Kier molecular flexibility index (Phi) is 4.99. The maximum absolute atomic E-state index is 13.3. The normalized spacial score (nSPS) is 24.0. The number of halogens is 1. The minimum atomic E-state index is 0.0918. The number of pyridine rings is 1. The summed E-state index contributed by atoms with van der Waals surface area (Å²) in [5.74, 6) is 0.696. The minimum Gasteiger partial charge on any atom is -0.334 e. The lowest BCUT2D eigenvalue weighted by molar-refractivity contribution is -0.135. The Bertz CT molecular complexity index is 806. The van der Waals surface area contributed by atoms with Gasteiger partial charge < -0.3 is 4.90 Å². The van der Waals surface area contributed by atoms with Crippen molar-refractivity contribution in [1.29, 1.82) is 0 Å². The molecule has 1 amide bonds. The van der Waals surface area contributed by atoms with Crippen LogP contribution in [-0.4, -0.2) is 22.3 Å². The first-order valence-electron chi connectivity index (χ1n) is 9.68. The van der Waals surface area contributed by atoms with Crippen molar-refractivity contribution in [1.82, 2.24) is 9.88 Å². The molecule has 1 aromatic carbocycles. The van der Waals surface area contributed by atoms with E-state index in [1.807, 2.05) is 30.5 Å². The average Bonchev–Trinajstić information content (AvgIpc) is 3.46. The van der Waals surface area contributed by atoms with E-state index in [2.05, 4.69) is 28.9 Å². The van der Waals surface area contributed by atoms with Crippen LogP contribution < -0.4 is 0 Å². The fraction of sp³-hybridized carbons (Fsp3) is 0.455. The molecule has 2 aliphatic carbocycles. The molecule has 26 heavy (non-hydrogen) atoms. The molecule has 1 fully saturated rings. The van der Waals surface area contributed by atoms with E-state index < -0.39 is 0 Å². The summed E-state index contributed by atoms with van der Waals surface area (Å²) in [5.41, 5.74) is 3.61. The third-order valence-corrected chi connectivity index (χ3v) is 5.91. The molecule has 4 heteroatoms. The van der Waals surface area contributed by atoms with Gasteiger partial charge in [0.1, 0.15) is 0 Å². The van der Waals surface area contributed by atoms with E-state index in [1.54, 1.807) is 0 Å². The van der Waals surface area contributed by atoms with Gasteiger partial charge in [-0.1, -0.05) is 36.7 Å². The summed E-state index contributed by atoms with van der Waals surface area (Å²) in [4.78, 5) is 20.1. The van der Waals surface area contributed by atoms with Gasteiger partial charge in [0.15, 0.2) is 0 Å². The number of fused-ring (bicyclic) bond motifs is 1. The van der Waals surface area contributed by atoms with E-state index in [-0.39, 0.29) is 12.0 Å². The van der Waals surface area contributed by atoms with Gasteiger partial charge in [0, 0.05) is 23.7 Å². The smallest absolute Gasteiger partial charge is 0.226 e. The zero-order chi connectivity index (χ0) is 18.1. The monoisotopic (exact) mass is 368 g/mol. The van der Waals surface area contributed by atoms with Gasteiger partial charge in [-0.25, -0.2) is 0 Å². The summed E-state index contributed by atoms with van der Waals surface area (Å²) < 4.78 is 0. The predicted molar refractivity (Wildman–Crippen MR) is 104 cm³/mol. The lowest BCUT2D eigenvalue weighted by Crippen LogP contribution is -2.39. The number of hydrogen-bond acceptors (Lipinski definition) is 2. The van der Waals surface area contributed by atoms with Crippen molar-refractivity contribution < 1.29 is 4.79 Å². The van der Waals surface area contributed by atoms with Crippen LogP contribution in [0.25, 0.3) is 0 Å². The summed E-state index contributed by atoms with van der Waals surface area (Å²) >= 11 is 6.13. The molecule has 0 N–H and O–H groups in total. The first-order chi connectivity index (χ1) is 12.7. The molecule has 0 saturated heterocycles. The fourth-order valence-corrected chi connectivity index (χ4v) is 4.53. The number of aryl methyl sites for hydroxylation is 1. The summed E-state index contributed by atoms with van der Waals surface area (Å²) in [6, 6.07) is 12.2. The zero-order valence-electron chi connectivity index (χ0n) is 15.2. The van der Waals surface area contributed by atoms with Gasteiger partial charge in [0.05, 0.1) is 11.7 Å². The van der Waals surface area contributed by atoms with Crippen molar-refractivity contribution in [3.05, 3.63) is 64.4 Å². The number of rotatable bonds is 5. The average molecular weight is 369 g/mol. The number of carbonyl (C=O) groups is 1. The molecule has 3 nitrogen and oxygen atoms in total. The van der Waals surface area contributed by atoms with Crippen LogP contribution in [0.4, 0.5) is 0 Å². The second kappa shape index (κ2) is 7.40. The zero-order valence-corrected chi connectivity index (χ0v) is 16.0. The Labute approximate surface area is 160 Å². The molecule has 3 atom stereocenters. The predicted octanol–water partition coefficient (Wildman–Crippen LogP) is 5.15. The number of nitrogens with zero attached hydrogens (tertiary/aromatic N) is 2. The molecule has 0 radical (unpaired) electrons. The van der Waals surface area contributed by atoms with Crippen molar-refractivity contribution in [3.8, 4) is 0 Å². The number of hydrogen-bond donors (Lipinski definition) is 0. The fourth-order valence-electron chi connectivity index (χ4n) is 4.34. The maximum atomic E-state index is 13.3. The number of amides is 1. The number of carbonyl (C=O) groups excluding carboxylic acids is 1. The van der Waals surface area contributed by atoms with Crippen LogP contribution in [0, 0.1) is 5.92 Å². The molecular weight excluding hydrogens is 344 g/mol. The van der Waals surface area contributed by atoms with Crippen LogP contribution in [0.15, 0.2) is 42.6 Å². The molecule has 2 aromatic rings. The van der Waals surface area contributed by atoms with Gasteiger partial charge in [0.2, 0.25) is 5.91 Å². The molecule has 0 spiro atoms. The third-order valence-electron chi connectivity index (χ3n) is 5.67. The van der Waals surface area contributed by atoms with E-state index in [0.717, 1.165) is 49.4 Å². The van der Waals surface area contributed by atoms with E-state index in [1.165, 1.54) is 11.1 Å². The lowest BCUT2D eigenvalue weighted by Gasteiger charge is -2.35. The highest BCUT2D eigenvalue weighted by atomic mass is 35.5. The second-order valence-corrected chi connectivity index (χ2v) is 7.93. The van der Waals surface area contributed by atoms with Gasteiger partial charge in [0.25, 0.3) is 0 Å². The van der Waals surface area contributed by atoms with Crippen LogP contribution in [-0.2, 0) is 11.2 Å². The maximum Gasteiger partial charge on any atom is 0.226 e. The summed E-state index contributed by atoms with van der Waals surface area (Å²) in [6.45, 7) is 2.95. The molecule has 0 aliphatic heterocycles. The summed E-state index contributed by atoms with van der Waals surface area (Å²) in [7, 11) is 0. The molecule has 4 rings (SSSR count). The SMILES string of the molecule is CCCN(C(=O)[C@@H]1C[C@@H]1c1cccc(Cl)c1)[C@@H]1CCCc2cccnc21. The van der Waals surface area contributed by atoms with E-state index in [0.29, 0.717) is 11.8 Å². The highest BCUT2D eigenvalue weighted by Gasteiger charge is 2.47. The Morgan fingerprint density at radius 1 is 1.31 bits per heavy atom. The summed E-state index contributed by atoms with van der Waals surface area (Å²) in [6.07, 6.45) is 6.98. The molecule has 1 heterocycles. The molecule has 1 saturated carbocycles. The standard InChI is InChI=1S/C22H25ClN2O/c1-2-12-25(20-10-4-6-15-8-5-11-24-21(15)20)22(26)19-14-18(19)16-7-3-9-17(23)13-16/h3,5,7-9,11,13,18-20H,2,4,6,10,12,14H2,1H3/t18-,19-,20-/m1/s1. The largest absolute Gasteiger partial charge is 0.334 e. The molecular formula is C22H25ClN2O. The Hall–Kier alpha value is -1.87. The molecule has 136 valence electrons. The molecule has 1 aromatic heterocycles. The highest BCUT2D eigenvalue weighted by Crippen LogP contribution is 2.50. The molecule has 0 unspecified atom stereocenters. The third kappa shape index (κ3) is 3.37. The van der Waals surface area contributed by atoms with Crippen LogP contribution in [0.3, 0.4) is 0 Å². The van der Waals surface area contributed by atoms with Crippen molar-refractivity contribution in [3.63, 3.8) is 0 Å². The van der Waals surface area contributed by atoms with Crippen LogP contribution in [0.2, 0.25) is 5.02 Å². The van der Waals surface area contributed by atoms with Gasteiger partial charge in [-0.05, 0) is 67.3 Å². The van der Waals surface area contributed by atoms with E-state index >= 15 is 0 Å². The van der Waals surface area contributed by atoms with E-state index in [9.17, 15) is 4.79 Å². The number of benzene rings is 1. The lowest BCUT2D eigenvalue weighted by atomic mass is 9.90. The van der Waals surface area contributed by atoms with Gasteiger partial charge in [-0.3, -0.25) is 9.78 Å². The van der Waals surface area contributed by atoms with Crippen LogP contribution >= 0.6 is 11.6 Å². The highest BCUT2D eigenvalue weighted by molar-refractivity contribution is 6.30. The topological polar surface area (TPSA) is 33.2 Å². The Morgan fingerprint density at radius 3 is 3.00 bits per heavy atom. The van der Waals surface area contributed by atoms with Crippen molar-refractivity contribution in [2.75, 3.05) is 6.54 Å². The van der Waals surface area contributed by atoms with Crippen LogP contribution in [0.1, 0.15) is 61.4 Å². The van der Waals surface area contributed by atoms with E-state index in [4.69, 9.17) is 11.6 Å². The van der Waals surface area contributed by atoms with Crippen molar-refractivity contribution >= 4 is 17.5 Å². The summed E-state index contributed by atoms with van der Waals surface area (Å²) in [5, 5.41) is 0.747. The van der Waals surface area contributed by atoms with Crippen molar-refractivity contribution in [2.24, 2.45) is 5.92 Å². The van der Waals surface area contributed by atoms with Gasteiger partial charge >= 0.3 is 0 Å². The first kappa shape index (κ1) is 17.5. The second-order valence-electron chi connectivity index (χ2n) is 7.49. The van der Waals surface area contributed by atoms with Gasteiger partial charge in [-0.2, -0.15) is 0 Å². The number of aromatic nitrogens is 1. The Morgan fingerprint density at radius 2 is 2.19 bits per heavy atom. The minimum absolute atomic E-state index is 0.0918. The molecule has 0 bridgehead atoms. The Balaban J connectivity index is 1.55. The quantitative estimate of drug-likeness (QED) is 0.730. The van der Waals surface area contributed by atoms with Crippen LogP contribution in [0.5, 0.6) is 0 Å². The first-order valence-corrected chi connectivity index (χ1v) is 10.1. The van der Waals surface area contributed by atoms with Gasteiger partial charge in [-0.15, -0.1) is 0 Å².